The van der Waals surface area contributed by atoms with Crippen LogP contribution in [0.2, 0.25) is 0 Å². The van der Waals surface area contributed by atoms with Gasteiger partial charge in [0.25, 0.3) is 0 Å². The summed E-state index contributed by atoms with van der Waals surface area (Å²) in [4.78, 5) is 17.2. The van der Waals surface area contributed by atoms with Crippen LogP contribution >= 0.6 is 12.2 Å². The number of aromatic nitrogens is 1. The number of amides is 1. The zero-order valence-corrected chi connectivity index (χ0v) is 17.2. The number of carbonyl (C=O) groups excluding carboxylic acids is 1. The molecule has 0 radical (unpaired) electrons. The van der Waals surface area contributed by atoms with E-state index >= 15 is 0 Å². The van der Waals surface area contributed by atoms with Gasteiger partial charge in [-0.3, -0.25) is 15.6 Å². The van der Waals surface area contributed by atoms with Crippen molar-refractivity contribution in [2.45, 2.75) is 0 Å². The molecule has 0 unspecified atom stereocenters. The Balaban J connectivity index is 1.75. The SMILES string of the molecule is C=CCNC(=S)NNC(=O)c1oc2nc(-c3ccccc3)cc(-c3ccco3)c2c1N. The number of furan rings is 2. The average molecular weight is 433 g/mol. The highest BCUT2D eigenvalue weighted by Crippen LogP contribution is 2.38. The van der Waals surface area contributed by atoms with Gasteiger partial charge in [0.1, 0.15) is 5.76 Å². The molecule has 0 aliphatic rings. The fraction of sp³-hybridized carbons (Fsp3) is 0.0455. The van der Waals surface area contributed by atoms with Gasteiger partial charge in [0.15, 0.2) is 5.11 Å². The largest absolute Gasteiger partial charge is 0.464 e. The molecule has 0 saturated carbocycles. The number of hydrogen-bond acceptors (Lipinski definition) is 6. The van der Waals surface area contributed by atoms with Crippen molar-refractivity contribution in [3.05, 3.63) is 73.2 Å². The van der Waals surface area contributed by atoms with E-state index in [0.29, 0.717) is 28.9 Å². The fourth-order valence-corrected chi connectivity index (χ4v) is 3.19. The summed E-state index contributed by atoms with van der Waals surface area (Å²) < 4.78 is 11.4. The Hall–Kier alpha value is -4.11. The maximum absolute atomic E-state index is 12.7. The van der Waals surface area contributed by atoms with Crippen LogP contribution in [0.5, 0.6) is 0 Å². The molecule has 0 aliphatic heterocycles. The first kappa shape index (κ1) is 20.2. The molecule has 3 aromatic heterocycles. The molecule has 4 aromatic rings. The number of nitrogens with one attached hydrogen (secondary N) is 3. The summed E-state index contributed by atoms with van der Waals surface area (Å²) in [7, 11) is 0. The first-order valence-electron chi connectivity index (χ1n) is 9.36. The highest BCUT2D eigenvalue weighted by Gasteiger charge is 2.24. The van der Waals surface area contributed by atoms with Crippen molar-refractivity contribution in [2.24, 2.45) is 0 Å². The van der Waals surface area contributed by atoms with Crippen LogP contribution in [0.4, 0.5) is 5.69 Å². The summed E-state index contributed by atoms with van der Waals surface area (Å²) in [5, 5.41) is 3.55. The van der Waals surface area contributed by atoms with Gasteiger partial charge >= 0.3 is 5.91 Å². The van der Waals surface area contributed by atoms with Crippen LogP contribution in [-0.4, -0.2) is 22.5 Å². The number of rotatable bonds is 5. The molecular weight excluding hydrogens is 414 g/mol. The lowest BCUT2D eigenvalue weighted by molar-refractivity contribution is 0.0919. The van der Waals surface area contributed by atoms with Crippen molar-refractivity contribution >= 4 is 40.0 Å². The van der Waals surface area contributed by atoms with Crippen LogP contribution in [0.25, 0.3) is 33.7 Å². The van der Waals surface area contributed by atoms with Gasteiger partial charge in [-0.25, -0.2) is 4.98 Å². The van der Waals surface area contributed by atoms with E-state index in [2.05, 4.69) is 27.7 Å². The molecular formula is C22H19N5O3S. The molecule has 0 spiro atoms. The lowest BCUT2D eigenvalue weighted by Crippen LogP contribution is -2.46. The number of pyridine rings is 1. The maximum Gasteiger partial charge on any atom is 0.307 e. The van der Waals surface area contributed by atoms with Crippen molar-refractivity contribution in [2.75, 3.05) is 12.3 Å². The highest BCUT2D eigenvalue weighted by atomic mass is 32.1. The summed E-state index contributed by atoms with van der Waals surface area (Å²) >= 11 is 5.06. The molecule has 156 valence electrons. The van der Waals surface area contributed by atoms with Crippen molar-refractivity contribution in [1.82, 2.24) is 21.2 Å². The number of carbonyl (C=O) groups is 1. The Morgan fingerprint density at radius 3 is 2.71 bits per heavy atom. The van der Waals surface area contributed by atoms with Crippen LogP contribution in [0.15, 0.2) is 76.3 Å². The molecule has 0 atom stereocenters. The monoisotopic (exact) mass is 433 g/mol. The van der Waals surface area contributed by atoms with Crippen LogP contribution in [0, 0.1) is 0 Å². The number of fused-ring (bicyclic) bond motifs is 1. The minimum atomic E-state index is -0.593. The number of nitrogen functional groups attached to an aromatic ring is 1. The fourth-order valence-electron chi connectivity index (χ4n) is 3.05. The highest BCUT2D eigenvalue weighted by molar-refractivity contribution is 7.80. The van der Waals surface area contributed by atoms with Crippen molar-refractivity contribution < 1.29 is 13.6 Å². The minimum Gasteiger partial charge on any atom is -0.464 e. The number of anilines is 1. The molecule has 5 N–H and O–H groups in total. The van der Waals surface area contributed by atoms with Gasteiger partial charge in [-0.15, -0.1) is 6.58 Å². The standard InChI is InChI=1S/C22H19N5O3S/c1-2-10-24-22(31)27-26-20(28)19-18(23)17-14(16-9-6-11-29-16)12-15(25-21(17)30-19)13-7-4-3-5-8-13/h2-9,11-12H,1,10,23H2,(H,26,28)(H2,24,27,31). The topological polar surface area (TPSA) is 118 Å². The third kappa shape index (κ3) is 4.12. The zero-order chi connectivity index (χ0) is 21.8. The van der Waals surface area contributed by atoms with Gasteiger partial charge in [0.2, 0.25) is 11.5 Å². The Morgan fingerprint density at radius 2 is 2.00 bits per heavy atom. The van der Waals surface area contributed by atoms with Gasteiger partial charge in [0.05, 0.1) is 23.0 Å². The lowest BCUT2D eigenvalue weighted by atomic mass is 10.0. The number of hydrazine groups is 1. The summed E-state index contributed by atoms with van der Waals surface area (Å²) in [6, 6.07) is 15.1. The predicted molar refractivity (Wildman–Crippen MR) is 123 cm³/mol. The van der Waals surface area contributed by atoms with Crippen LogP contribution < -0.4 is 21.9 Å². The molecule has 1 amide bonds. The Bertz CT molecular complexity index is 1250. The summed E-state index contributed by atoms with van der Waals surface area (Å²) in [5.74, 6) is -0.0959. The second-order valence-corrected chi connectivity index (χ2v) is 6.91. The quantitative estimate of drug-likeness (QED) is 0.214. The van der Waals surface area contributed by atoms with E-state index < -0.39 is 5.91 Å². The average Bonchev–Trinajstić information content (AvgIpc) is 3.44. The summed E-state index contributed by atoms with van der Waals surface area (Å²) in [6.07, 6.45) is 3.20. The van der Waals surface area contributed by atoms with Crippen molar-refractivity contribution in [3.63, 3.8) is 0 Å². The Kier molecular flexibility index (Phi) is 5.67. The van der Waals surface area contributed by atoms with Gasteiger partial charge in [-0.2, -0.15) is 0 Å². The molecule has 0 fully saturated rings. The van der Waals surface area contributed by atoms with E-state index in [-0.39, 0.29) is 22.3 Å². The number of thiocarbonyl (C=S) groups is 1. The molecule has 4 rings (SSSR count). The smallest absolute Gasteiger partial charge is 0.307 e. The number of hydrogen-bond donors (Lipinski definition) is 4. The molecule has 31 heavy (non-hydrogen) atoms. The van der Waals surface area contributed by atoms with E-state index in [0.717, 1.165) is 5.56 Å². The second kappa shape index (κ2) is 8.72. The second-order valence-electron chi connectivity index (χ2n) is 6.50. The minimum absolute atomic E-state index is 0.0838. The van der Waals surface area contributed by atoms with Crippen molar-refractivity contribution in [1.29, 1.82) is 0 Å². The molecule has 3 heterocycles. The molecule has 0 bridgehead atoms. The third-order valence-corrected chi connectivity index (χ3v) is 4.70. The van der Waals surface area contributed by atoms with E-state index in [1.54, 1.807) is 24.5 Å². The van der Waals surface area contributed by atoms with Crippen LogP contribution in [-0.2, 0) is 0 Å². The molecule has 0 saturated heterocycles. The van der Waals surface area contributed by atoms with Gasteiger partial charge < -0.3 is 19.9 Å². The third-order valence-electron chi connectivity index (χ3n) is 4.46. The van der Waals surface area contributed by atoms with E-state index in [1.807, 2.05) is 36.4 Å². The van der Waals surface area contributed by atoms with Gasteiger partial charge in [-0.1, -0.05) is 36.4 Å². The molecule has 1 aromatic carbocycles. The molecule has 8 nitrogen and oxygen atoms in total. The number of benzene rings is 1. The van der Waals surface area contributed by atoms with Gasteiger partial charge in [-0.05, 0) is 30.4 Å². The van der Waals surface area contributed by atoms with Crippen LogP contribution in [0.3, 0.4) is 0 Å². The Morgan fingerprint density at radius 1 is 1.19 bits per heavy atom. The normalized spacial score (nSPS) is 10.6. The first-order chi connectivity index (χ1) is 15.1. The van der Waals surface area contributed by atoms with E-state index in [9.17, 15) is 4.79 Å². The lowest BCUT2D eigenvalue weighted by Gasteiger charge is -2.09. The van der Waals surface area contributed by atoms with E-state index in [4.69, 9.17) is 26.8 Å². The zero-order valence-electron chi connectivity index (χ0n) is 16.3. The summed E-state index contributed by atoms with van der Waals surface area (Å²) in [6.45, 7) is 4.04. The first-order valence-corrected chi connectivity index (χ1v) is 9.76. The molecule has 9 heteroatoms. The van der Waals surface area contributed by atoms with E-state index in [1.165, 1.54) is 0 Å². The number of nitrogens with zero attached hydrogens (tertiary/aromatic N) is 1. The Labute approximate surface area is 183 Å². The maximum atomic E-state index is 12.7. The van der Waals surface area contributed by atoms with Crippen LogP contribution in [0.1, 0.15) is 10.6 Å². The number of nitrogens with two attached hydrogens (primary N) is 1. The van der Waals surface area contributed by atoms with Crippen molar-refractivity contribution in [3.8, 4) is 22.6 Å². The van der Waals surface area contributed by atoms with Gasteiger partial charge in [0, 0.05) is 17.7 Å². The summed E-state index contributed by atoms with van der Waals surface area (Å²) in [5.41, 5.74) is 13.9. The predicted octanol–water partition coefficient (Wildman–Crippen LogP) is 3.63. The molecule has 0 aliphatic carbocycles.